The maximum atomic E-state index is 12.8. The van der Waals surface area contributed by atoms with E-state index in [0.717, 1.165) is 22.3 Å². The highest BCUT2D eigenvalue weighted by Crippen LogP contribution is 2.37. The number of hydrogen-bond donors (Lipinski definition) is 1. The molecule has 176 valence electrons. The minimum absolute atomic E-state index is 0.208. The van der Waals surface area contributed by atoms with E-state index in [1.54, 1.807) is 40.0 Å². The van der Waals surface area contributed by atoms with Gasteiger partial charge in [-0.2, -0.15) is 4.31 Å². The minimum atomic E-state index is -3.44. The normalized spacial score (nSPS) is 18.1. The number of carboxylic acid groups (broad SMARTS) is 1. The number of ether oxygens (including phenoxy) is 1. The number of rotatable bonds is 5. The molecule has 0 spiro atoms. The topological polar surface area (TPSA) is 87.2 Å². The smallest absolute Gasteiger partial charge is 0.335 e. The van der Waals surface area contributed by atoms with Gasteiger partial charge in [0.1, 0.15) is 16.6 Å². The van der Waals surface area contributed by atoms with Crippen LogP contribution in [-0.4, -0.2) is 61.4 Å². The van der Waals surface area contributed by atoms with Crippen molar-refractivity contribution in [1.29, 1.82) is 0 Å². The van der Waals surface area contributed by atoms with Gasteiger partial charge in [-0.05, 0) is 46.3 Å². The van der Waals surface area contributed by atoms with Crippen LogP contribution in [-0.2, 0) is 16.6 Å². The van der Waals surface area contributed by atoms with Gasteiger partial charge in [0.05, 0.1) is 5.56 Å². The van der Waals surface area contributed by atoms with Crippen molar-refractivity contribution < 1.29 is 23.1 Å². The van der Waals surface area contributed by atoms with Crippen LogP contribution in [0.2, 0.25) is 0 Å². The zero-order chi connectivity index (χ0) is 23.7. The first-order chi connectivity index (χ1) is 16.4. The lowest BCUT2D eigenvalue weighted by atomic mass is 9.93. The van der Waals surface area contributed by atoms with Crippen molar-refractivity contribution in [3.05, 3.63) is 88.3 Å². The molecule has 3 heterocycles. The molecular formula is C25H24N2O5S2. The van der Waals surface area contributed by atoms with Crippen LogP contribution in [0.15, 0.2) is 70.3 Å². The molecule has 2 aliphatic heterocycles. The van der Waals surface area contributed by atoms with E-state index >= 15 is 0 Å². The Labute approximate surface area is 202 Å². The quantitative estimate of drug-likeness (QED) is 0.579. The predicted octanol–water partition coefficient (Wildman–Crippen LogP) is 3.78. The summed E-state index contributed by atoms with van der Waals surface area (Å²) in [4.78, 5) is 13.8. The average molecular weight is 497 g/mol. The van der Waals surface area contributed by atoms with E-state index in [1.165, 1.54) is 11.3 Å². The number of thiophene rings is 1. The van der Waals surface area contributed by atoms with Gasteiger partial charge in [0.15, 0.2) is 0 Å². The summed E-state index contributed by atoms with van der Waals surface area (Å²) in [5, 5.41) is 11.3. The van der Waals surface area contributed by atoms with Gasteiger partial charge in [0.2, 0.25) is 0 Å². The maximum Gasteiger partial charge on any atom is 0.335 e. The van der Waals surface area contributed by atoms with Gasteiger partial charge in [-0.1, -0.05) is 36.4 Å². The summed E-state index contributed by atoms with van der Waals surface area (Å²) in [7, 11) is -3.44. The molecule has 1 saturated heterocycles. The first kappa shape index (κ1) is 22.8. The van der Waals surface area contributed by atoms with Crippen molar-refractivity contribution in [1.82, 2.24) is 9.21 Å². The minimum Gasteiger partial charge on any atom is -0.488 e. The second kappa shape index (κ2) is 9.34. The van der Waals surface area contributed by atoms with Gasteiger partial charge in [-0.25, -0.2) is 13.2 Å². The molecule has 0 saturated carbocycles. The predicted molar refractivity (Wildman–Crippen MR) is 131 cm³/mol. The van der Waals surface area contributed by atoms with Crippen LogP contribution < -0.4 is 4.74 Å². The van der Waals surface area contributed by atoms with Crippen LogP contribution in [0.3, 0.4) is 0 Å². The monoisotopic (exact) mass is 496 g/mol. The summed E-state index contributed by atoms with van der Waals surface area (Å²) in [6.07, 6.45) is 2.10. The molecule has 34 heavy (non-hydrogen) atoms. The molecule has 0 atom stereocenters. The van der Waals surface area contributed by atoms with Crippen molar-refractivity contribution in [2.45, 2.75) is 10.8 Å². The summed E-state index contributed by atoms with van der Waals surface area (Å²) >= 11 is 1.24. The molecule has 1 aromatic heterocycles. The van der Waals surface area contributed by atoms with Gasteiger partial charge in [0, 0.05) is 38.3 Å². The fraction of sp³-hybridized carbons (Fsp3) is 0.240. The number of hydrogen-bond acceptors (Lipinski definition) is 6. The lowest BCUT2D eigenvalue weighted by molar-refractivity contribution is 0.0696. The number of sulfonamides is 1. The van der Waals surface area contributed by atoms with Gasteiger partial charge >= 0.3 is 5.97 Å². The lowest BCUT2D eigenvalue weighted by Crippen LogP contribution is -2.48. The van der Waals surface area contributed by atoms with Crippen LogP contribution in [0.5, 0.6) is 5.75 Å². The third-order valence-corrected chi connectivity index (χ3v) is 9.45. The zero-order valence-electron chi connectivity index (χ0n) is 18.4. The molecule has 1 N–H and O–H groups in total. The highest BCUT2D eigenvalue weighted by molar-refractivity contribution is 7.91. The Bertz CT molecular complexity index is 1340. The SMILES string of the molecule is O=C(O)c1ccc2c(c1)/C(=C\CN1CCN(S(=O)(=O)c3cccs3)CC1)c1ccccc1CO2. The number of aromatic carboxylic acids is 1. The molecular weight excluding hydrogens is 472 g/mol. The van der Waals surface area contributed by atoms with Crippen molar-refractivity contribution in [3.63, 3.8) is 0 Å². The largest absolute Gasteiger partial charge is 0.488 e. The zero-order valence-corrected chi connectivity index (χ0v) is 20.0. The summed E-state index contributed by atoms with van der Waals surface area (Å²) in [5.74, 6) is -0.331. The first-order valence-electron chi connectivity index (χ1n) is 11.0. The lowest BCUT2D eigenvalue weighted by Gasteiger charge is -2.33. The molecule has 3 aromatic rings. The highest BCUT2D eigenvalue weighted by Gasteiger charge is 2.29. The number of piperazine rings is 1. The van der Waals surface area contributed by atoms with E-state index < -0.39 is 16.0 Å². The first-order valence-corrected chi connectivity index (χ1v) is 13.3. The third-order valence-electron chi connectivity index (χ3n) is 6.18. The number of benzene rings is 2. The van der Waals surface area contributed by atoms with E-state index in [2.05, 4.69) is 11.0 Å². The number of nitrogens with zero attached hydrogens (tertiary/aromatic N) is 2. The van der Waals surface area contributed by atoms with Gasteiger partial charge in [-0.3, -0.25) is 4.90 Å². The summed E-state index contributed by atoms with van der Waals surface area (Å²) < 4.78 is 33.5. The van der Waals surface area contributed by atoms with E-state index in [4.69, 9.17) is 4.74 Å². The Morgan fingerprint density at radius 3 is 2.56 bits per heavy atom. The molecule has 0 amide bonds. The molecule has 9 heteroatoms. The average Bonchev–Trinajstić information content (AvgIpc) is 3.35. The van der Waals surface area contributed by atoms with Crippen LogP contribution in [0.4, 0.5) is 0 Å². The standard InChI is InChI=1S/C25H24N2O5S2/c28-25(29)18-7-8-23-22(16-18)21(20-5-2-1-4-19(20)17-32-23)9-10-26-11-13-27(14-12-26)34(30,31)24-6-3-15-33-24/h1-9,15-16H,10-14,17H2,(H,28,29)/b21-9-. The van der Waals surface area contributed by atoms with Crippen molar-refractivity contribution in [2.24, 2.45) is 0 Å². The van der Waals surface area contributed by atoms with Crippen LogP contribution >= 0.6 is 11.3 Å². The molecule has 5 rings (SSSR count). The Kier molecular flexibility index (Phi) is 6.26. The third kappa shape index (κ3) is 4.39. The van der Waals surface area contributed by atoms with Crippen molar-refractivity contribution in [3.8, 4) is 5.75 Å². The van der Waals surface area contributed by atoms with Gasteiger partial charge in [0.25, 0.3) is 10.0 Å². The van der Waals surface area contributed by atoms with Crippen molar-refractivity contribution >= 4 is 32.9 Å². The maximum absolute atomic E-state index is 12.8. The molecule has 1 fully saturated rings. The van der Waals surface area contributed by atoms with E-state index in [0.29, 0.717) is 49.3 Å². The van der Waals surface area contributed by atoms with Crippen LogP contribution in [0, 0.1) is 0 Å². The Morgan fingerprint density at radius 1 is 1.03 bits per heavy atom. The summed E-state index contributed by atoms with van der Waals surface area (Å²) in [6.45, 7) is 3.13. The Morgan fingerprint density at radius 2 is 1.82 bits per heavy atom. The molecule has 2 aliphatic rings. The van der Waals surface area contributed by atoms with Gasteiger partial charge < -0.3 is 9.84 Å². The number of carbonyl (C=O) groups is 1. The molecule has 7 nitrogen and oxygen atoms in total. The van der Waals surface area contributed by atoms with E-state index in [9.17, 15) is 18.3 Å². The second-order valence-electron chi connectivity index (χ2n) is 8.22. The molecule has 0 bridgehead atoms. The van der Waals surface area contributed by atoms with E-state index in [-0.39, 0.29) is 5.56 Å². The fourth-order valence-corrected chi connectivity index (χ4v) is 6.91. The Hall–Kier alpha value is -2.98. The van der Waals surface area contributed by atoms with E-state index in [1.807, 2.05) is 24.3 Å². The highest BCUT2D eigenvalue weighted by atomic mass is 32.2. The second-order valence-corrected chi connectivity index (χ2v) is 11.3. The summed E-state index contributed by atoms with van der Waals surface area (Å²) in [5.41, 5.74) is 3.94. The summed E-state index contributed by atoms with van der Waals surface area (Å²) in [6, 6.07) is 16.3. The molecule has 0 radical (unpaired) electrons. The molecule has 0 aliphatic carbocycles. The van der Waals surface area contributed by atoms with Crippen molar-refractivity contribution in [2.75, 3.05) is 32.7 Å². The molecule has 0 unspecified atom stereocenters. The fourth-order valence-electron chi connectivity index (χ4n) is 4.34. The van der Waals surface area contributed by atoms with Crippen LogP contribution in [0.1, 0.15) is 27.0 Å². The molecule has 2 aromatic carbocycles. The number of carboxylic acids is 1. The number of fused-ring (bicyclic) bond motifs is 2. The Balaban J connectivity index is 1.40. The van der Waals surface area contributed by atoms with Crippen LogP contribution in [0.25, 0.3) is 5.57 Å². The van der Waals surface area contributed by atoms with Gasteiger partial charge in [-0.15, -0.1) is 11.3 Å².